The molecular formula is C32H38FN5O2. The molecule has 0 spiro atoms. The maximum Gasteiger partial charge on any atom is 0.262 e. The van der Waals surface area contributed by atoms with Gasteiger partial charge in [-0.05, 0) is 72.5 Å². The number of fused-ring (bicyclic) bond motifs is 1. The van der Waals surface area contributed by atoms with Crippen molar-refractivity contribution in [1.82, 2.24) is 14.5 Å². The number of imidazole rings is 1. The molecule has 40 heavy (non-hydrogen) atoms. The van der Waals surface area contributed by atoms with Crippen LogP contribution in [0.25, 0.3) is 11.0 Å². The molecule has 0 atom stereocenters. The van der Waals surface area contributed by atoms with Crippen LogP contribution < -0.4 is 15.0 Å². The second-order valence-electron chi connectivity index (χ2n) is 10.9. The Morgan fingerprint density at radius 2 is 1.77 bits per heavy atom. The number of hydrogen-bond donors (Lipinski definition) is 1. The number of aromatic nitrogens is 2. The molecule has 1 aliphatic heterocycles. The van der Waals surface area contributed by atoms with Gasteiger partial charge in [-0.15, -0.1) is 0 Å². The van der Waals surface area contributed by atoms with E-state index >= 15 is 0 Å². The van der Waals surface area contributed by atoms with Gasteiger partial charge in [-0.2, -0.15) is 0 Å². The van der Waals surface area contributed by atoms with Crippen LogP contribution in [0.4, 0.5) is 15.8 Å². The van der Waals surface area contributed by atoms with Crippen molar-refractivity contribution < 1.29 is 13.9 Å². The SMILES string of the molecule is Cc1ccc(C(C)C)c(OCC(=O)Nc2ccc3c(c2)nc(CCN2CCN(c4ccc(F)cc4)CC2)n3C)c1. The zero-order valence-corrected chi connectivity index (χ0v) is 23.8. The minimum atomic E-state index is -0.202. The standard InChI is InChI=1S/C32H38FN5O2/c1-22(2)27-11-5-23(3)19-30(27)40-21-32(39)34-25-8-12-29-28(20-25)35-31(36(29)4)13-14-37-15-17-38(18-16-37)26-9-6-24(33)7-10-26/h5-12,19-20,22H,13-18,21H2,1-4H3,(H,34,39). The van der Waals surface area contributed by atoms with E-state index in [-0.39, 0.29) is 18.3 Å². The van der Waals surface area contributed by atoms with E-state index in [1.807, 2.05) is 50.4 Å². The molecule has 7 nitrogen and oxygen atoms in total. The third-order valence-corrected chi connectivity index (χ3v) is 7.62. The highest BCUT2D eigenvalue weighted by atomic mass is 19.1. The Hall–Kier alpha value is -3.91. The van der Waals surface area contributed by atoms with Crippen molar-refractivity contribution in [3.8, 4) is 5.75 Å². The minimum absolute atomic E-state index is 0.0525. The molecule has 0 bridgehead atoms. The molecule has 1 amide bonds. The number of halogens is 1. The number of carbonyl (C=O) groups excluding carboxylic acids is 1. The lowest BCUT2D eigenvalue weighted by Gasteiger charge is -2.36. The maximum atomic E-state index is 13.2. The molecule has 0 radical (unpaired) electrons. The number of aryl methyl sites for hydroxylation is 2. The van der Waals surface area contributed by atoms with Gasteiger partial charge in [0, 0.05) is 57.6 Å². The van der Waals surface area contributed by atoms with Gasteiger partial charge in [0.2, 0.25) is 0 Å². The Labute approximate surface area is 235 Å². The van der Waals surface area contributed by atoms with Crippen LogP contribution >= 0.6 is 0 Å². The van der Waals surface area contributed by atoms with E-state index in [2.05, 4.69) is 45.7 Å². The van der Waals surface area contributed by atoms with Crippen molar-refractivity contribution in [3.63, 3.8) is 0 Å². The molecular weight excluding hydrogens is 505 g/mol. The number of nitrogens with zero attached hydrogens (tertiary/aromatic N) is 4. The van der Waals surface area contributed by atoms with Gasteiger partial charge in [-0.1, -0.05) is 26.0 Å². The highest BCUT2D eigenvalue weighted by molar-refractivity contribution is 5.94. The number of amides is 1. The first-order valence-electron chi connectivity index (χ1n) is 14.0. The first-order valence-corrected chi connectivity index (χ1v) is 14.0. The molecule has 5 rings (SSSR count). The van der Waals surface area contributed by atoms with E-state index in [0.29, 0.717) is 11.6 Å². The Kier molecular flexibility index (Phi) is 8.35. The van der Waals surface area contributed by atoms with Crippen LogP contribution in [0.15, 0.2) is 60.7 Å². The lowest BCUT2D eigenvalue weighted by Crippen LogP contribution is -2.47. The van der Waals surface area contributed by atoms with Gasteiger partial charge >= 0.3 is 0 Å². The van der Waals surface area contributed by atoms with E-state index in [0.717, 1.165) is 78.6 Å². The molecule has 2 heterocycles. The quantitative estimate of drug-likeness (QED) is 0.301. The van der Waals surface area contributed by atoms with Crippen LogP contribution in [0.1, 0.15) is 36.7 Å². The van der Waals surface area contributed by atoms with E-state index in [1.54, 1.807) is 0 Å². The van der Waals surface area contributed by atoms with Gasteiger partial charge < -0.3 is 19.5 Å². The Morgan fingerprint density at radius 1 is 1.02 bits per heavy atom. The fourth-order valence-corrected chi connectivity index (χ4v) is 5.27. The number of anilines is 2. The summed E-state index contributed by atoms with van der Waals surface area (Å²) >= 11 is 0. The van der Waals surface area contributed by atoms with Crippen molar-refractivity contribution >= 4 is 28.3 Å². The van der Waals surface area contributed by atoms with E-state index in [9.17, 15) is 9.18 Å². The summed E-state index contributed by atoms with van der Waals surface area (Å²) in [4.78, 5) is 22.3. The maximum absolute atomic E-state index is 13.2. The van der Waals surface area contributed by atoms with Crippen LogP contribution in [0, 0.1) is 12.7 Å². The summed E-state index contributed by atoms with van der Waals surface area (Å²) in [7, 11) is 2.04. The largest absolute Gasteiger partial charge is 0.483 e. The second-order valence-corrected chi connectivity index (χ2v) is 10.9. The third-order valence-electron chi connectivity index (χ3n) is 7.62. The van der Waals surface area contributed by atoms with E-state index < -0.39 is 0 Å². The van der Waals surface area contributed by atoms with Crippen molar-refractivity contribution in [1.29, 1.82) is 0 Å². The number of piperazine rings is 1. The van der Waals surface area contributed by atoms with Gasteiger partial charge in [-0.3, -0.25) is 9.69 Å². The molecule has 1 N–H and O–H groups in total. The average molecular weight is 544 g/mol. The Balaban J connectivity index is 1.15. The summed E-state index contributed by atoms with van der Waals surface area (Å²) in [5, 5.41) is 2.95. The number of benzene rings is 3. The molecule has 0 aliphatic carbocycles. The average Bonchev–Trinajstić information content (AvgIpc) is 3.25. The van der Waals surface area contributed by atoms with Crippen LogP contribution in [0.5, 0.6) is 5.75 Å². The third kappa shape index (κ3) is 6.45. The smallest absolute Gasteiger partial charge is 0.262 e. The topological polar surface area (TPSA) is 62.6 Å². The second kappa shape index (κ2) is 12.1. The summed E-state index contributed by atoms with van der Waals surface area (Å²) in [6, 6.07) is 18.7. The molecule has 0 unspecified atom stereocenters. The van der Waals surface area contributed by atoms with Gasteiger partial charge in [0.05, 0.1) is 11.0 Å². The number of nitrogens with one attached hydrogen (secondary N) is 1. The highest BCUT2D eigenvalue weighted by Crippen LogP contribution is 2.27. The van der Waals surface area contributed by atoms with Gasteiger partial charge in [0.15, 0.2) is 6.61 Å². The zero-order chi connectivity index (χ0) is 28.2. The highest BCUT2D eigenvalue weighted by Gasteiger charge is 2.18. The normalized spacial score (nSPS) is 14.2. The number of hydrogen-bond acceptors (Lipinski definition) is 5. The summed E-state index contributed by atoms with van der Waals surface area (Å²) in [5.41, 5.74) is 5.86. The lowest BCUT2D eigenvalue weighted by molar-refractivity contribution is -0.118. The van der Waals surface area contributed by atoms with Crippen LogP contribution in [0.3, 0.4) is 0 Å². The number of ether oxygens (including phenoxy) is 1. The predicted octanol–water partition coefficient (Wildman–Crippen LogP) is 5.53. The molecule has 1 saturated heterocycles. The van der Waals surface area contributed by atoms with Gasteiger partial charge in [0.25, 0.3) is 5.91 Å². The van der Waals surface area contributed by atoms with Crippen LogP contribution in [-0.4, -0.2) is 59.7 Å². The first kappa shape index (κ1) is 27.6. The summed E-state index contributed by atoms with van der Waals surface area (Å²) in [6.45, 7) is 10.9. The van der Waals surface area contributed by atoms with Crippen LogP contribution in [-0.2, 0) is 18.3 Å². The Morgan fingerprint density at radius 3 is 2.50 bits per heavy atom. The predicted molar refractivity (Wildman–Crippen MR) is 159 cm³/mol. The lowest BCUT2D eigenvalue weighted by atomic mass is 10.0. The number of carbonyl (C=O) groups is 1. The van der Waals surface area contributed by atoms with E-state index in [1.165, 1.54) is 12.1 Å². The molecule has 1 aliphatic rings. The van der Waals surface area contributed by atoms with Crippen molar-refractivity contribution in [3.05, 3.63) is 83.4 Å². The molecule has 4 aromatic rings. The van der Waals surface area contributed by atoms with Crippen LogP contribution in [0.2, 0.25) is 0 Å². The first-order chi connectivity index (χ1) is 19.3. The van der Waals surface area contributed by atoms with Crippen molar-refractivity contribution in [2.45, 2.75) is 33.1 Å². The fraction of sp³-hybridized carbons (Fsp3) is 0.375. The molecule has 3 aromatic carbocycles. The monoisotopic (exact) mass is 543 g/mol. The van der Waals surface area contributed by atoms with E-state index in [4.69, 9.17) is 9.72 Å². The van der Waals surface area contributed by atoms with Crippen molar-refractivity contribution in [2.75, 3.05) is 49.5 Å². The summed E-state index contributed by atoms with van der Waals surface area (Å²) < 4.78 is 21.3. The summed E-state index contributed by atoms with van der Waals surface area (Å²) in [6.07, 6.45) is 0.839. The molecule has 0 saturated carbocycles. The molecule has 1 fully saturated rings. The molecule has 210 valence electrons. The Bertz CT molecular complexity index is 1470. The number of rotatable bonds is 9. The fourth-order valence-electron chi connectivity index (χ4n) is 5.27. The van der Waals surface area contributed by atoms with Crippen molar-refractivity contribution in [2.24, 2.45) is 7.05 Å². The molecule has 8 heteroatoms. The summed E-state index contributed by atoms with van der Waals surface area (Å²) in [5.74, 6) is 1.68. The van der Waals surface area contributed by atoms with Gasteiger partial charge in [0.1, 0.15) is 17.4 Å². The molecule has 1 aromatic heterocycles. The zero-order valence-electron chi connectivity index (χ0n) is 23.8. The minimum Gasteiger partial charge on any atom is -0.483 e. The van der Waals surface area contributed by atoms with Gasteiger partial charge in [-0.25, -0.2) is 9.37 Å².